The first-order valence-corrected chi connectivity index (χ1v) is 10.1. The molecule has 1 amide bonds. The minimum absolute atomic E-state index is 0.0767. The van der Waals surface area contributed by atoms with Crippen LogP contribution in [0.1, 0.15) is 41.0 Å². The molecule has 8 nitrogen and oxygen atoms in total. The number of ether oxygens (including phenoxy) is 2. The highest BCUT2D eigenvalue weighted by Crippen LogP contribution is 2.40. The fraction of sp³-hybridized carbons (Fsp3) is 0.571. The molecule has 4 rings (SSSR count). The number of methoxy groups -OCH3 is 2. The molecular formula is C21H28N4O4. The Morgan fingerprint density at radius 2 is 2.03 bits per heavy atom. The number of rotatable bonds is 5. The number of carbonyl (C=O) groups is 1. The number of para-hydroxylation sites is 1. The number of piperidine rings is 1. The lowest BCUT2D eigenvalue weighted by Crippen LogP contribution is -2.45. The molecule has 1 spiro atoms. The quantitative estimate of drug-likeness (QED) is 0.763. The third kappa shape index (κ3) is 3.81. The maximum atomic E-state index is 12.8. The van der Waals surface area contributed by atoms with Gasteiger partial charge in [-0.05, 0) is 44.0 Å². The van der Waals surface area contributed by atoms with Crippen molar-refractivity contribution < 1.29 is 18.9 Å². The van der Waals surface area contributed by atoms with Crippen molar-refractivity contribution in [2.24, 2.45) is 5.41 Å². The summed E-state index contributed by atoms with van der Waals surface area (Å²) in [6.45, 7) is 6.07. The molecule has 2 aliphatic rings. The topological polar surface area (TPSA) is 80.9 Å². The Bertz CT molecular complexity index is 883. The molecule has 8 heteroatoms. The lowest BCUT2D eigenvalue weighted by atomic mass is 9.79. The van der Waals surface area contributed by atoms with Crippen LogP contribution in [0.25, 0.3) is 0 Å². The Labute approximate surface area is 170 Å². The van der Waals surface area contributed by atoms with Crippen molar-refractivity contribution in [3.63, 3.8) is 0 Å². The van der Waals surface area contributed by atoms with Gasteiger partial charge < -0.3 is 14.4 Å². The van der Waals surface area contributed by atoms with Gasteiger partial charge in [-0.15, -0.1) is 0 Å². The molecule has 3 heterocycles. The SMILES string of the molecule is COc1cccc(CN2CCC[C@]3(CCN(C(=O)c4nonc4C)C3)C2)c1OC. The minimum Gasteiger partial charge on any atom is -0.493 e. The van der Waals surface area contributed by atoms with Gasteiger partial charge in [-0.1, -0.05) is 17.3 Å². The molecule has 0 aliphatic carbocycles. The summed E-state index contributed by atoms with van der Waals surface area (Å²) < 4.78 is 15.7. The van der Waals surface area contributed by atoms with Gasteiger partial charge in [0.2, 0.25) is 0 Å². The lowest BCUT2D eigenvalue weighted by Gasteiger charge is -2.40. The predicted molar refractivity (Wildman–Crippen MR) is 106 cm³/mol. The molecule has 2 aliphatic heterocycles. The van der Waals surface area contributed by atoms with E-state index in [0.29, 0.717) is 11.4 Å². The Hall–Kier alpha value is -2.61. The molecule has 2 aromatic rings. The van der Waals surface area contributed by atoms with Crippen LogP contribution < -0.4 is 9.47 Å². The number of benzene rings is 1. The van der Waals surface area contributed by atoms with Gasteiger partial charge in [0.15, 0.2) is 17.2 Å². The molecule has 0 unspecified atom stereocenters. The van der Waals surface area contributed by atoms with E-state index in [-0.39, 0.29) is 11.3 Å². The predicted octanol–water partition coefficient (Wildman–Crippen LogP) is 2.52. The second-order valence-corrected chi connectivity index (χ2v) is 8.14. The molecular weight excluding hydrogens is 372 g/mol. The molecule has 2 saturated heterocycles. The first kappa shape index (κ1) is 19.7. The Morgan fingerprint density at radius 3 is 2.76 bits per heavy atom. The van der Waals surface area contributed by atoms with Crippen molar-refractivity contribution in [2.45, 2.75) is 32.7 Å². The Morgan fingerprint density at radius 1 is 1.17 bits per heavy atom. The van der Waals surface area contributed by atoms with Gasteiger partial charge in [0.05, 0.1) is 14.2 Å². The van der Waals surface area contributed by atoms with E-state index in [2.05, 4.69) is 21.3 Å². The van der Waals surface area contributed by atoms with E-state index in [1.807, 2.05) is 17.0 Å². The van der Waals surface area contributed by atoms with E-state index in [4.69, 9.17) is 14.1 Å². The summed E-state index contributed by atoms with van der Waals surface area (Å²) in [6.07, 6.45) is 3.27. The summed E-state index contributed by atoms with van der Waals surface area (Å²) in [7, 11) is 3.34. The molecule has 1 aromatic carbocycles. The molecule has 0 bridgehead atoms. The average Bonchev–Trinajstić information content (AvgIpc) is 3.34. The van der Waals surface area contributed by atoms with Crippen LogP contribution in [0.4, 0.5) is 0 Å². The Kier molecular flexibility index (Phi) is 5.45. The summed E-state index contributed by atoms with van der Waals surface area (Å²) in [5.74, 6) is 1.48. The van der Waals surface area contributed by atoms with Crippen LogP contribution in [0.2, 0.25) is 0 Å². The number of carbonyl (C=O) groups excluding carboxylic acids is 1. The summed E-state index contributed by atoms with van der Waals surface area (Å²) in [4.78, 5) is 17.2. The first-order valence-electron chi connectivity index (χ1n) is 10.1. The standard InChI is InChI=1S/C21H28N4O4/c1-15-18(23-29-22-15)20(26)25-11-9-21(14-25)8-5-10-24(13-21)12-16-6-4-7-17(27-2)19(16)28-3/h4,6-7H,5,8-14H2,1-3H3/t21-/m0/s1. The fourth-order valence-corrected chi connectivity index (χ4v) is 4.78. The van der Waals surface area contributed by atoms with E-state index in [0.717, 1.165) is 69.0 Å². The van der Waals surface area contributed by atoms with E-state index >= 15 is 0 Å². The molecule has 0 N–H and O–H groups in total. The number of hydrogen-bond acceptors (Lipinski definition) is 7. The van der Waals surface area contributed by atoms with Crippen molar-refractivity contribution in [3.05, 3.63) is 35.2 Å². The van der Waals surface area contributed by atoms with Crippen LogP contribution in [0.5, 0.6) is 11.5 Å². The third-order valence-electron chi connectivity index (χ3n) is 6.20. The van der Waals surface area contributed by atoms with Crippen LogP contribution in [-0.2, 0) is 6.54 Å². The van der Waals surface area contributed by atoms with Crippen molar-refractivity contribution in [2.75, 3.05) is 40.4 Å². The fourth-order valence-electron chi connectivity index (χ4n) is 4.78. The summed E-state index contributed by atoms with van der Waals surface area (Å²) in [5.41, 5.74) is 2.13. The van der Waals surface area contributed by atoms with E-state index < -0.39 is 0 Å². The number of likely N-dealkylation sites (tertiary alicyclic amines) is 2. The maximum Gasteiger partial charge on any atom is 0.278 e. The summed E-state index contributed by atoms with van der Waals surface area (Å²) >= 11 is 0. The van der Waals surface area contributed by atoms with Crippen LogP contribution in [0.15, 0.2) is 22.8 Å². The monoisotopic (exact) mass is 400 g/mol. The van der Waals surface area contributed by atoms with E-state index in [9.17, 15) is 4.79 Å². The molecule has 0 saturated carbocycles. The second kappa shape index (κ2) is 8.02. The van der Waals surface area contributed by atoms with E-state index in [1.165, 1.54) is 0 Å². The van der Waals surface area contributed by atoms with Gasteiger partial charge in [0, 0.05) is 37.2 Å². The normalized spacial score (nSPS) is 22.2. The van der Waals surface area contributed by atoms with Crippen LogP contribution >= 0.6 is 0 Å². The van der Waals surface area contributed by atoms with Crippen molar-refractivity contribution in [3.8, 4) is 11.5 Å². The number of amides is 1. The first-order chi connectivity index (χ1) is 14.0. The number of aromatic nitrogens is 2. The molecule has 1 aromatic heterocycles. The number of aryl methyl sites for hydroxylation is 1. The van der Waals surface area contributed by atoms with Crippen molar-refractivity contribution in [1.82, 2.24) is 20.1 Å². The maximum absolute atomic E-state index is 12.8. The summed E-state index contributed by atoms with van der Waals surface area (Å²) in [6, 6.07) is 6.01. The second-order valence-electron chi connectivity index (χ2n) is 8.14. The third-order valence-corrected chi connectivity index (χ3v) is 6.20. The lowest BCUT2D eigenvalue weighted by molar-refractivity contribution is 0.0665. The molecule has 29 heavy (non-hydrogen) atoms. The molecule has 2 fully saturated rings. The van der Waals surface area contributed by atoms with Gasteiger partial charge in [-0.2, -0.15) is 0 Å². The summed E-state index contributed by atoms with van der Waals surface area (Å²) in [5, 5.41) is 7.53. The van der Waals surface area contributed by atoms with Crippen LogP contribution in [0.3, 0.4) is 0 Å². The van der Waals surface area contributed by atoms with Gasteiger partial charge >= 0.3 is 0 Å². The average molecular weight is 400 g/mol. The van der Waals surface area contributed by atoms with Crippen LogP contribution in [-0.4, -0.2) is 66.4 Å². The number of nitrogens with zero attached hydrogens (tertiary/aromatic N) is 4. The van der Waals surface area contributed by atoms with Gasteiger partial charge in [-0.3, -0.25) is 9.69 Å². The molecule has 0 radical (unpaired) electrons. The highest BCUT2D eigenvalue weighted by Gasteiger charge is 2.43. The van der Waals surface area contributed by atoms with Crippen molar-refractivity contribution in [1.29, 1.82) is 0 Å². The molecule has 1 atom stereocenters. The largest absolute Gasteiger partial charge is 0.493 e. The molecule has 156 valence electrons. The van der Waals surface area contributed by atoms with E-state index in [1.54, 1.807) is 21.1 Å². The minimum atomic E-state index is -0.0767. The van der Waals surface area contributed by atoms with Crippen molar-refractivity contribution >= 4 is 5.91 Å². The van der Waals surface area contributed by atoms with Crippen LogP contribution in [0, 0.1) is 12.3 Å². The highest BCUT2D eigenvalue weighted by atomic mass is 16.6. The highest BCUT2D eigenvalue weighted by molar-refractivity contribution is 5.93. The van der Waals surface area contributed by atoms with Gasteiger partial charge in [0.1, 0.15) is 5.69 Å². The zero-order valence-corrected chi connectivity index (χ0v) is 17.3. The zero-order valence-electron chi connectivity index (χ0n) is 17.3. The van der Waals surface area contributed by atoms with Gasteiger partial charge in [-0.25, -0.2) is 4.63 Å². The smallest absolute Gasteiger partial charge is 0.278 e. The van der Waals surface area contributed by atoms with Gasteiger partial charge in [0.25, 0.3) is 5.91 Å². The number of hydrogen-bond donors (Lipinski definition) is 0. The zero-order chi connectivity index (χ0) is 20.4. The Balaban J connectivity index is 1.45.